The van der Waals surface area contributed by atoms with Crippen molar-refractivity contribution in [1.29, 1.82) is 0 Å². The molecule has 0 aromatic rings. The summed E-state index contributed by atoms with van der Waals surface area (Å²) in [6.45, 7) is 2.93. The van der Waals surface area contributed by atoms with Gasteiger partial charge in [0.1, 0.15) is 0 Å². The minimum atomic E-state index is -4.58. The zero-order chi connectivity index (χ0) is 15.1. The summed E-state index contributed by atoms with van der Waals surface area (Å²) in [6.07, 6.45) is -2.71. The van der Waals surface area contributed by atoms with Gasteiger partial charge in [-0.2, -0.15) is 13.2 Å². The van der Waals surface area contributed by atoms with Crippen molar-refractivity contribution in [2.45, 2.75) is 46.2 Å². The molecule has 0 bridgehead atoms. The summed E-state index contributed by atoms with van der Waals surface area (Å²) in [5, 5.41) is 0. The van der Waals surface area contributed by atoms with Gasteiger partial charge >= 0.3 is 18.1 Å². The molecule has 0 aliphatic rings. The van der Waals surface area contributed by atoms with Gasteiger partial charge in [0.2, 0.25) is 0 Å². The van der Waals surface area contributed by atoms with E-state index < -0.39 is 36.7 Å². The predicted molar refractivity (Wildman–Crippen MR) is 61.3 cm³/mol. The Hall–Kier alpha value is -1.27. The van der Waals surface area contributed by atoms with Crippen LogP contribution in [-0.2, 0) is 19.1 Å². The number of carbonyl (C=O) groups is 2. The Labute approximate surface area is 110 Å². The zero-order valence-electron chi connectivity index (χ0n) is 11.3. The number of hydrogen-bond donors (Lipinski definition) is 0. The molecule has 7 heteroatoms. The van der Waals surface area contributed by atoms with Crippen molar-refractivity contribution >= 4 is 11.9 Å². The lowest BCUT2D eigenvalue weighted by atomic mass is 9.83. The maximum atomic E-state index is 11.8. The highest BCUT2D eigenvalue weighted by Crippen LogP contribution is 2.28. The van der Waals surface area contributed by atoms with Crippen LogP contribution in [0.2, 0.25) is 0 Å². The average Bonchev–Trinajstić information content (AvgIpc) is 2.32. The Kier molecular flexibility index (Phi) is 6.86. The van der Waals surface area contributed by atoms with Crippen LogP contribution >= 0.6 is 0 Å². The first-order valence-electron chi connectivity index (χ1n) is 6.04. The summed E-state index contributed by atoms with van der Waals surface area (Å²) in [5.74, 6) is -1.80. The zero-order valence-corrected chi connectivity index (χ0v) is 11.3. The number of ether oxygens (including phenoxy) is 2. The molecule has 1 unspecified atom stereocenters. The molecule has 4 nitrogen and oxygen atoms in total. The molecule has 0 radical (unpaired) electrons. The summed E-state index contributed by atoms with van der Waals surface area (Å²) in [4.78, 5) is 22.7. The molecule has 0 saturated carbocycles. The molecule has 19 heavy (non-hydrogen) atoms. The number of esters is 2. The minimum absolute atomic E-state index is 0.525. The molecule has 0 aromatic heterocycles. The van der Waals surface area contributed by atoms with Gasteiger partial charge in [-0.15, -0.1) is 0 Å². The van der Waals surface area contributed by atoms with Crippen molar-refractivity contribution in [1.82, 2.24) is 0 Å². The smallest absolute Gasteiger partial charge is 0.422 e. The van der Waals surface area contributed by atoms with Gasteiger partial charge in [-0.05, 0) is 19.8 Å². The minimum Gasteiger partial charge on any atom is -0.454 e. The molecule has 0 spiro atoms. The van der Waals surface area contributed by atoms with E-state index in [0.717, 1.165) is 6.42 Å². The first kappa shape index (κ1) is 17.7. The van der Waals surface area contributed by atoms with Crippen LogP contribution < -0.4 is 0 Å². The van der Waals surface area contributed by atoms with Crippen LogP contribution in [0.3, 0.4) is 0 Å². The third-order valence-electron chi connectivity index (χ3n) is 2.79. The number of halogens is 3. The topological polar surface area (TPSA) is 52.6 Å². The number of alkyl halides is 3. The normalized spacial score (nSPS) is 14.6. The van der Waals surface area contributed by atoms with Crippen LogP contribution in [0, 0.1) is 5.41 Å². The monoisotopic (exact) mass is 284 g/mol. The number of hydrogen-bond acceptors (Lipinski definition) is 4. The quantitative estimate of drug-likeness (QED) is 0.675. The molecule has 0 aromatic carbocycles. The Morgan fingerprint density at radius 3 is 2.11 bits per heavy atom. The number of carbonyl (C=O) groups excluding carboxylic acids is 2. The first-order valence-corrected chi connectivity index (χ1v) is 6.04. The second-order valence-corrected chi connectivity index (χ2v) is 4.52. The molecule has 1 atom stereocenters. The van der Waals surface area contributed by atoms with Gasteiger partial charge in [0.05, 0.1) is 5.41 Å². The molecule has 0 saturated heterocycles. The fourth-order valence-corrected chi connectivity index (χ4v) is 1.48. The molecule has 112 valence electrons. The van der Waals surface area contributed by atoms with E-state index in [2.05, 4.69) is 4.74 Å². The lowest BCUT2D eigenvalue weighted by molar-refractivity contribution is -0.191. The molecule has 0 heterocycles. The average molecular weight is 284 g/mol. The van der Waals surface area contributed by atoms with Crippen LogP contribution in [0.5, 0.6) is 0 Å². The van der Waals surface area contributed by atoms with E-state index in [1.807, 2.05) is 6.92 Å². The first-order chi connectivity index (χ1) is 8.64. The van der Waals surface area contributed by atoms with Crippen molar-refractivity contribution in [2.75, 3.05) is 13.2 Å². The van der Waals surface area contributed by atoms with Gasteiger partial charge in [-0.1, -0.05) is 20.3 Å². The van der Waals surface area contributed by atoms with Crippen molar-refractivity contribution in [3.05, 3.63) is 0 Å². The Bertz CT molecular complexity index is 315. The fraction of sp³-hybridized carbons (Fsp3) is 0.833. The van der Waals surface area contributed by atoms with E-state index in [4.69, 9.17) is 4.74 Å². The lowest BCUT2D eigenvalue weighted by Gasteiger charge is -2.24. The van der Waals surface area contributed by atoms with E-state index in [-0.39, 0.29) is 0 Å². The van der Waals surface area contributed by atoms with Gasteiger partial charge in [0.15, 0.2) is 13.2 Å². The third-order valence-corrected chi connectivity index (χ3v) is 2.79. The summed E-state index contributed by atoms with van der Waals surface area (Å²) >= 11 is 0. The van der Waals surface area contributed by atoms with Gasteiger partial charge in [-0.25, -0.2) is 4.79 Å². The van der Waals surface area contributed by atoms with Crippen LogP contribution in [0.1, 0.15) is 40.0 Å². The van der Waals surface area contributed by atoms with Crippen LogP contribution in [0.4, 0.5) is 13.2 Å². The van der Waals surface area contributed by atoms with Crippen molar-refractivity contribution in [2.24, 2.45) is 5.41 Å². The Balaban J connectivity index is 4.18. The molecule has 0 aliphatic heterocycles. The highest BCUT2D eigenvalue weighted by molar-refractivity contribution is 5.80. The van der Waals surface area contributed by atoms with Gasteiger partial charge in [0, 0.05) is 0 Å². The SMILES string of the molecule is CCCC(C)(CC)C(=O)OCC(=O)OCC(F)(F)F. The number of rotatable bonds is 7. The van der Waals surface area contributed by atoms with Crippen molar-refractivity contribution in [3.8, 4) is 0 Å². The van der Waals surface area contributed by atoms with Gasteiger partial charge in [0.25, 0.3) is 0 Å². The molecule has 0 rings (SSSR count). The van der Waals surface area contributed by atoms with Gasteiger partial charge in [-0.3, -0.25) is 4.79 Å². The standard InChI is InChI=1S/C12H19F3O4/c1-4-6-11(3,5-2)10(17)18-7-9(16)19-8-12(13,14)15/h4-8H2,1-3H3. The van der Waals surface area contributed by atoms with Crippen LogP contribution in [0.15, 0.2) is 0 Å². The third kappa shape index (κ3) is 7.03. The van der Waals surface area contributed by atoms with E-state index in [0.29, 0.717) is 12.8 Å². The summed E-state index contributed by atoms with van der Waals surface area (Å²) in [6, 6.07) is 0. The molecular weight excluding hydrogens is 265 g/mol. The van der Waals surface area contributed by atoms with Crippen molar-refractivity contribution < 1.29 is 32.2 Å². The van der Waals surface area contributed by atoms with Gasteiger partial charge < -0.3 is 9.47 Å². The summed E-state index contributed by atoms with van der Waals surface area (Å²) in [7, 11) is 0. The highest BCUT2D eigenvalue weighted by Gasteiger charge is 2.33. The molecule has 0 fully saturated rings. The second-order valence-electron chi connectivity index (χ2n) is 4.52. The maximum Gasteiger partial charge on any atom is 0.422 e. The van der Waals surface area contributed by atoms with Crippen molar-refractivity contribution in [3.63, 3.8) is 0 Å². The molecule has 0 amide bonds. The maximum absolute atomic E-state index is 11.8. The lowest BCUT2D eigenvalue weighted by Crippen LogP contribution is -2.31. The largest absolute Gasteiger partial charge is 0.454 e. The van der Waals surface area contributed by atoms with E-state index in [1.54, 1.807) is 13.8 Å². The molecular formula is C12H19F3O4. The summed E-state index contributed by atoms with van der Waals surface area (Å²) < 4.78 is 43.9. The Morgan fingerprint density at radius 2 is 1.68 bits per heavy atom. The molecule has 0 N–H and O–H groups in total. The van der Waals surface area contributed by atoms with E-state index >= 15 is 0 Å². The van der Waals surface area contributed by atoms with Crippen LogP contribution in [-0.4, -0.2) is 31.3 Å². The van der Waals surface area contributed by atoms with E-state index in [1.165, 1.54) is 0 Å². The highest BCUT2D eigenvalue weighted by atomic mass is 19.4. The predicted octanol–water partition coefficient (Wildman–Crippen LogP) is 2.85. The summed E-state index contributed by atoms with van der Waals surface area (Å²) in [5.41, 5.74) is -0.723. The molecule has 0 aliphatic carbocycles. The van der Waals surface area contributed by atoms with E-state index in [9.17, 15) is 22.8 Å². The second kappa shape index (κ2) is 7.35. The van der Waals surface area contributed by atoms with Crippen LogP contribution in [0.25, 0.3) is 0 Å². The Morgan fingerprint density at radius 1 is 1.11 bits per heavy atom. The fourth-order valence-electron chi connectivity index (χ4n) is 1.48.